The maximum atomic E-state index is 13.5. The Bertz CT molecular complexity index is 1080. The third-order valence-electron chi connectivity index (χ3n) is 5.42. The summed E-state index contributed by atoms with van der Waals surface area (Å²) in [7, 11) is 0. The first-order chi connectivity index (χ1) is 14.3. The maximum absolute atomic E-state index is 13.5. The van der Waals surface area contributed by atoms with E-state index in [0.29, 0.717) is 31.7 Å². The number of nitrogens with zero attached hydrogens (tertiary/aromatic N) is 4. The van der Waals surface area contributed by atoms with E-state index >= 15 is 0 Å². The van der Waals surface area contributed by atoms with Crippen LogP contribution >= 0.6 is 0 Å². The lowest BCUT2D eigenvalue weighted by molar-refractivity contribution is -0.140. The molecular weight excluding hydrogens is 376 g/mol. The molecule has 0 spiro atoms. The smallest absolute Gasteiger partial charge is 0.254 e. The number of benzene rings is 1. The minimum absolute atomic E-state index is 0.0215. The van der Waals surface area contributed by atoms with E-state index in [4.69, 9.17) is 4.98 Å². The van der Waals surface area contributed by atoms with Crippen molar-refractivity contribution in [1.29, 1.82) is 0 Å². The average Bonchev–Trinajstić information content (AvgIpc) is 2.77. The SMILES string of the molecule is CC(C)(C)C(=O)N1CCN(C(=O)c2cc(-c3ccncc3)nc3ccccc23)CC1. The Labute approximate surface area is 176 Å². The zero-order chi connectivity index (χ0) is 21.3. The Morgan fingerprint density at radius 1 is 0.900 bits per heavy atom. The molecule has 0 bridgehead atoms. The van der Waals surface area contributed by atoms with Crippen LogP contribution in [0.3, 0.4) is 0 Å². The molecular formula is C24H26N4O2. The molecule has 1 aromatic carbocycles. The lowest BCUT2D eigenvalue weighted by Crippen LogP contribution is -2.53. The quantitative estimate of drug-likeness (QED) is 0.657. The molecule has 1 saturated heterocycles. The minimum atomic E-state index is -0.410. The van der Waals surface area contributed by atoms with Crippen molar-refractivity contribution in [3.05, 3.63) is 60.4 Å². The van der Waals surface area contributed by atoms with Crippen LogP contribution in [-0.2, 0) is 4.79 Å². The minimum Gasteiger partial charge on any atom is -0.339 e. The summed E-state index contributed by atoms with van der Waals surface area (Å²) in [5.74, 6) is 0.107. The predicted molar refractivity (Wildman–Crippen MR) is 117 cm³/mol. The summed E-state index contributed by atoms with van der Waals surface area (Å²) in [5.41, 5.74) is 2.69. The van der Waals surface area contributed by atoms with Gasteiger partial charge in [0.1, 0.15) is 0 Å². The fourth-order valence-corrected chi connectivity index (χ4v) is 3.78. The lowest BCUT2D eigenvalue weighted by Gasteiger charge is -2.37. The van der Waals surface area contributed by atoms with Crippen LogP contribution in [-0.4, -0.2) is 57.8 Å². The van der Waals surface area contributed by atoms with Crippen LogP contribution in [0, 0.1) is 5.41 Å². The molecule has 0 atom stereocenters. The van der Waals surface area contributed by atoms with Gasteiger partial charge >= 0.3 is 0 Å². The molecule has 1 fully saturated rings. The molecule has 2 amide bonds. The van der Waals surface area contributed by atoms with Gasteiger partial charge in [-0.15, -0.1) is 0 Å². The first-order valence-corrected chi connectivity index (χ1v) is 10.2. The topological polar surface area (TPSA) is 66.4 Å². The van der Waals surface area contributed by atoms with Crippen molar-refractivity contribution in [3.8, 4) is 11.3 Å². The van der Waals surface area contributed by atoms with Crippen molar-refractivity contribution in [2.45, 2.75) is 20.8 Å². The van der Waals surface area contributed by atoms with Crippen molar-refractivity contribution in [2.75, 3.05) is 26.2 Å². The largest absolute Gasteiger partial charge is 0.339 e. The van der Waals surface area contributed by atoms with Gasteiger partial charge in [-0.3, -0.25) is 14.6 Å². The van der Waals surface area contributed by atoms with E-state index in [1.165, 1.54) is 0 Å². The van der Waals surface area contributed by atoms with Crippen LogP contribution in [0.5, 0.6) is 0 Å². The summed E-state index contributed by atoms with van der Waals surface area (Å²) in [5, 5.41) is 0.841. The van der Waals surface area contributed by atoms with E-state index < -0.39 is 5.41 Å². The maximum Gasteiger partial charge on any atom is 0.254 e. The van der Waals surface area contributed by atoms with Gasteiger partial charge in [-0.1, -0.05) is 39.0 Å². The Kier molecular flexibility index (Phi) is 5.24. The molecule has 3 aromatic rings. The van der Waals surface area contributed by atoms with Gasteiger partial charge in [-0.25, -0.2) is 4.98 Å². The third-order valence-corrected chi connectivity index (χ3v) is 5.42. The highest BCUT2D eigenvalue weighted by Gasteiger charge is 2.31. The van der Waals surface area contributed by atoms with Crippen LogP contribution in [0.25, 0.3) is 22.2 Å². The Hall–Kier alpha value is -3.28. The molecule has 0 unspecified atom stereocenters. The second kappa shape index (κ2) is 7.86. The normalized spacial score (nSPS) is 14.8. The molecule has 154 valence electrons. The Balaban J connectivity index is 1.63. The number of hydrogen-bond donors (Lipinski definition) is 0. The number of amides is 2. The molecule has 1 aliphatic rings. The molecule has 3 heterocycles. The molecule has 1 aliphatic heterocycles. The Morgan fingerprint density at radius 3 is 2.20 bits per heavy atom. The van der Waals surface area contributed by atoms with Crippen LogP contribution < -0.4 is 0 Å². The highest BCUT2D eigenvalue weighted by Crippen LogP contribution is 2.26. The first kappa shape index (κ1) is 20.0. The van der Waals surface area contributed by atoms with Crippen molar-refractivity contribution in [1.82, 2.24) is 19.8 Å². The summed E-state index contributed by atoms with van der Waals surface area (Å²) < 4.78 is 0. The van der Waals surface area contributed by atoms with E-state index in [9.17, 15) is 9.59 Å². The molecule has 6 heteroatoms. The van der Waals surface area contributed by atoms with E-state index in [-0.39, 0.29) is 11.8 Å². The van der Waals surface area contributed by atoms with E-state index in [0.717, 1.165) is 22.2 Å². The standard InChI is InChI=1S/C24H26N4O2/c1-24(2,3)23(30)28-14-12-27(13-15-28)22(29)19-16-21(17-8-10-25-11-9-17)26-20-7-5-4-6-18(19)20/h4-11,16H,12-15H2,1-3H3. The zero-order valence-electron chi connectivity index (χ0n) is 17.6. The monoisotopic (exact) mass is 402 g/mol. The molecule has 0 aliphatic carbocycles. The number of carbonyl (C=O) groups is 2. The summed E-state index contributed by atoms with van der Waals surface area (Å²) >= 11 is 0. The van der Waals surface area contributed by atoms with Crippen molar-refractivity contribution >= 4 is 22.7 Å². The highest BCUT2D eigenvalue weighted by atomic mass is 16.2. The number of piperazine rings is 1. The number of aromatic nitrogens is 2. The number of rotatable bonds is 2. The fourth-order valence-electron chi connectivity index (χ4n) is 3.78. The third kappa shape index (κ3) is 3.90. The second-order valence-electron chi connectivity index (χ2n) is 8.64. The van der Waals surface area contributed by atoms with Gasteiger partial charge in [0.15, 0.2) is 0 Å². The number of hydrogen-bond acceptors (Lipinski definition) is 4. The molecule has 30 heavy (non-hydrogen) atoms. The number of para-hydroxylation sites is 1. The van der Waals surface area contributed by atoms with Gasteiger partial charge in [-0.2, -0.15) is 0 Å². The molecule has 2 aromatic heterocycles. The van der Waals surface area contributed by atoms with Gasteiger partial charge in [0.05, 0.1) is 16.8 Å². The second-order valence-corrected chi connectivity index (χ2v) is 8.64. The van der Waals surface area contributed by atoms with Gasteiger partial charge in [0.2, 0.25) is 5.91 Å². The predicted octanol–water partition coefficient (Wildman–Crippen LogP) is 3.63. The van der Waals surface area contributed by atoms with Crippen LogP contribution in [0.15, 0.2) is 54.9 Å². The fraction of sp³-hybridized carbons (Fsp3) is 0.333. The summed E-state index contributed by atoms with van der Waals surface area (Å²) in [6.45, 7) is 7.96. The van der Waals surface area contributed by atoms with Crippen LogP contribution in [0.4, 0.5) is 0 Å². The number of fused-ring (bicyclic) bond motifs is 1. The lowest BCUT2D eigenvalue weighted by atomic mass is 9.94. The highest BCUT2D eigenvalue weighted by molar-refractivity contribution is 6.07. The van der Waals surface area contributed by atoms with Gasteiger partial charge in [0, 0.05) is 54.9 Å². The van der Waals surface area contributed by atoms with Gasteiger partial charge in [0.25, 0.3) is 5.91 Å². The summed E-state index contributed by atoms with van der Waals surface area (Å²) in [6, 6.07) is 13.4. The number of carbonyl (C=O) groups excluding carboxylic acids is 2. The van der Waals surface area contributed by atoms with E-state index in [1.54, 1.807) is 12.4 Å². The summed E-state index contributed by atoms with van der Waals surface area (Å²) in [4.78, 5) is 38.5. The van der Waals surface area contributed by atoms with Gasteiger partial charge in [-0.05, 0) is 24.3 Å². The summed E-state index contributed by atoms with van der Waals surface area (Å²) in [6.07, 6.45) is 3.44. The molecule has 0 saturated carbocycles. The van der Waals surface area contributed by atoms with Crippen LogP contribution in [0.1, 0.15) is 31.1 Å². The number of pyridine rings is 2. The zero-order valence-corrected chi connectivity index (χ0v) is 17.6. The molecule has 0 N–H and O–H groups in total. The Morgan fingerprint density at radius 2 is 1.53 bits per heavy atom. The van der Waals surface area contributed by atoms with Gasteiger partial charge < -0.3 is 9.80 Å². The van der Waals surface area contributed by atoms with Crippen molar-refractivity contribution in [3.63, 3.8) is 0 Å². The van der Waals surface area contributed by atoms with Crippen molar-refractivity contribution in [2.24, 2.45) is 5.41 Å². The van der Waals surface area contributed by atoms with Crippen LogP contribution in [0.2, 0.25) is 0 Å². The molecule has 6 nitrogen and oxygen atoms in total. The van der Waals surface area contributed by atoms with E-state index in [2.05, 4.69) is 4.98 Å². The molecule has 0 radical (unpaired) electrons. The van der Waals surface area contributed by atoms with Crippen molar-refractivity contribution < 1.29 is 9.59 Å². The molecule has 4 rings (SSSR count). The first-order valence-electron chi connectivity index (χ1n) is 10.2. The average molecular weight is 402 g/mol. The van der Waals surface area contributed by atoms with E-state index in [1.807, 2.05) is 73.0 Å².